The number of aromatic nitrogens is 1. The highest BCUT2D eigenvalue weighted by Gasteiger charge is 2.18. The van der Waals surface area contributed by atoms with E-state index in [1.165, 1.54) is 13.0 Å². The zero-order valence-electron chi connectivity index (χ0n) is 14.5. The Morgan fingerprint density at radius 1 is 1.04 bits per heavy atom. The summed E-state index contributed by atoms with van der Waals surface area (Å²) in [6, 6.07) is 15.1. The minimum Gasteiger partial charge on any atom is -0.366 e. The van der Waals surface area contributed by atoms with Crippen LogP contribution in [0.5, 0.6) is 0 Å². The average molecular weight is 361 g/mol. The lowest BCUT2D eigenvalue weighted by atomic mass is 9.96. The van der Waals surface area contributed by atoms with Gasteiger partial charge in [0.05, 0.1) is 11.1 Å². The van der Waals surface area contributed by atoms with E-state index in [-0.39, 0.29) is 11.7 Å². The smallest absolute Gasteiger partial charge is 0.250 e. The van der Waals surface area contributed by atoms with E-state index in [0.29, 0.717) is 38.8 Å². The van der Waals surface area contributed by atoms with Crippen molar-refractivity contribution in [3.63, 3.8) is 0 Å². The molecule has 0 saturated carbocycles. The largest absolute Gasteiger partial charge is 0.366 e. The van der Waals surface area contributed by atoms with Gasteiger partial charge in [-0.25, -0.2) is 4.39 Å². The minimum absolute atomic E-state index is 0.185. The maximum absolute atomic E-state index is 14.4. The molecule has 4 rings (SSSR count). The number of amides is 2. The predicted octanol–water partition coefficient (Wildman–Crippen LogP) is 4.18. The summed E-state index contributed by atoms with van der Waals surface area (Å²) in [5, 5.41) is 4.24. The van der Waals surface area contributed by atoms with Crippen LogP contribution in [0.4, 0.5) is 10.1 Å². The van der Waals surface area contributed by atoms with Gasteiger partial charge in [-0.05, 0) is 29.8 Å². The maximum atomic E-state index is 14.4. The van der Waals surface area contributed by atoms with Crippen molar-refractivity contribution in [1.82, 2.24) is 4.98 Å². The van der Waals surface area contributed by atoms with E-state index in [1.807, 2.05) is 6.07 Å². The lowest BCUT2D eigenvalue weighted by molar-refractivity contribution is -0.114. The Balaban J connectivity index is 2.08. The molecule has 1 aromatic heterocycles. The number of hydrogen-bond donors (Lipinski definition) is 3. The van der Waals surface area contributed by atoms with Crippen LogP contribution < -0.4 is 11.1 Å². The highest BCUT2D eigenvalue weighted by molar-refractivity contribution is 6.20. The van der Waals surface area contributed by atoms with Crippen molar-refractivity contribution in [2.24, 2.45) is 5.73 Å². The third-order valence-electron chi connectivity index (χ3n) is 4.50. The number of benzene rings is 3. The number of fused-ring (bicyclic) bond motifs is 3. The van der Waals surface area contributed by atoms with Crippen LogP contribution in [0.2, 0.25) is 0 Å². The standard InChI is InChI=1S/C21H16FN3O2/c1-11(26)24-12-6-7-15-18(10-12)25-20-16(21(23)27)9-8-14(19(15)20)13-4-2-3-5-17(13)22/h2-10,25H,1H3,(H2,23,27)(H,24,26). The SMILES string of the molecule is CC(=O)Nc1ccc2c(c1)[nH]c1c(C(N)=O)ccc(-c3ccccc3F)c12. The molecule has 0 bridgehead atoms. The van der Waals surface area contributed by atoms with Crippen LogP contribution in [-0.4, -0.2) is 16.8 Å². The molecule has 0 aliphatic rings. The summed E-state index contributed by atoms with van der Waals surface area (Å²) in [7, 11) is 0. The second kappa shape index (κ2) is 6.25. The molecule has 4 N–H and O–H groups in total. The summed E-state index contributed by atoms with van der Waals surface area (Å²) in [4.78, 5) is 26.4. The number of carbonyl (C=O) groups excluding carboxylic acids is 2. The van der Waals surface area contributed by atoms with Gasteiger partial charge in [0.1, 0.15) is 5.82 Å². The van der Waals surface area contributed by atoms with Crippen molar-refractivity contribution in [3.8, 4) is 11.1 Å². The van der Waals surface area contributed by atoms with E-state index >= 15 is 0 Å². The third-order valence-corrected chi connectivity index (χ3v) is 4.50. The van der Waals surface area contributed by atoms with Gasteiger partial charge in [-0.2, -0.15) is 0 Å². The first kappa shape index (κ1) is 16.8. The zero-order chi connectivity index (χ0) is 19.1. The topological polar surface area (TPSA) is 88.0 Å². The lowest BCUT2D eigenvalue weighted by Crippen LogP contribution is -2.11. The molecule has 0 atom stereocenters. The number of rotatable bonds is 3. The van der Waals surface area contributed by atoms with Crippen molar-refractivity contribution >= 4 is 39.3 Å². The molecule has 2 amide bonds. The van der Waals surface area contributed by atoms with E-state index in [9.17, 15) is 14.0 Å². The number of anilines is 1. The molecule has 0 aliphatic heterocycles. The Morgan fingerprint density at radius 2 is 1.81 bits per heavy atom. The Labute approximate surface area is 154 Å². The molecule has 3 aromatic carbocycles. The first-order valence-corrected chi connectivity index (χ1v) is 8.36. The van der Waals surface area contributed by atoms with Gasteiger partial charge >= 0.3 is 0 Å². The number of hydrogen-bond acceptors (Lipinski definition) is 2. The van der Waals surface area contributed by atoms with Crippen LogP contribution in [0, 0.1) is 5.82 Å². The molecular weight excluding hydrogens is 345 g/mol. The highest BCUT2D eigenvalue weighted by Crippen LogP contribution is 2.38. The first-order valence-electron chi connectivity index (χ1n) is 8.36. The average Bonchev–Trinajstić information content (AvgIpc) is 2.99. The van der Waals surface area contributed by atoms with E-state index in [1.54, 1.807) is 42.5 Å². The summed E-state index contributed by atoms with van der Waals surface area (Å²) < 4.78 is 14.4. The fourth-order valence-corrected chi connectivity index (χ4v) is 3.40. The van der Waals surface area contributed by atoms with Crippen molar-refractivity contribution in [3.05, 3.63) is 66.0 Å². The third kappa shape index (κ3) is 2.81. The van der Waals surface area contributed by atoms with Gasteiger partial charge in [-0.15, -0.1) is 0 Å². The van der Waals surface area contributed by atoms with Crippen LogP contribution >= 0.6 is 0 Å². The quantitative estimate of drug-likeness (QED) is 0.511. The van der Waals surface area contributed by atoms with Gasteiger partial charge in [-0.3, -0.25) is 9.59 Å². The fourth-order valence-electron chi connectivity index (χ4n) is 3.40. The number of aromatic amines is 1. The van der Waals surface area contributed by atoms with Crippen molar-refractivity contribution < 1.29 is 14.0 Å². The van der Waals surface area contributed by atoms with Gasteiger partial charge < -0.3 is 16.0 Å². The van der Waals surface area contributed by atoms with Gasteiger partial charge in [0.25, 0.3) is 5.91 Å². The maximum Gasteiger partial charge on any atom is 0.250 e. The predicted molar refractivity (Wildman–Crippen MR) is 104 cm³/mol. The summed E-state index contributed by atoms with van der Waals surface area (Å²) in [6.45, 7) is 1.43. The molecule has 134 valence electrons. The van der Waals surface area contributed by atoms with Crippen molar-refractivity contribution in [2.75, 3.05) is 5.32 Å². The Morgan fingerprint density at radius 3 is 2.52 bits per heavy atom. The number of H-pyrrole nitrogens is 1. The highest BCUT2D eigenvalue weighted by atomic mass is 19.1. The van der Waals surface area contributed by atoms with Crippen LogP contribution in [0.15, 0.2) is 54.6 Å². The van der Waals surface area contributed by atoms with Gasteiger partial charge in [0.15, 0.2) is 0 Å². The number of carbonyl (C=O) groups is 2. The van der Waals surface area contributed by atoms with E-state index < -0.39 is 5.91 Å². The molecule has 1 heterocycles. The molecule has 0 aliphatic carbocycles. The molecule has 0 spiro atoms. The lowest BCUT2D eigenvalue weighted by Gasteiger charge is -2.08. The summed E-state index contributed by atoms with van der Waals surface area (Å²) >= 11 is 0. The Kier molecular flexibility index (Phi) is 3.88. The molecule has 0 unspecified atom stereocenters. The molecule has 0 fully saturated rings. The van der Waals surface area contributed by atoms with Gasteiger partial charge in [-0.1, -0.05) is 30.3 Å². The normalized spacial score (nSPS) is 11.0. The van der Waals surface area contributed by atoms with Crippen LogP contribution in [0.25, 0.3) is 32.9 Å². The fraction of sp³-hybridized carbons (Fsp3) is 0.0476. The number of nitrogens with one attached hydrogen (secondary N) is 2. The minimum atomic E-state index is -0.575. The monoisotopic (exact) mass is 361 g/mol. The van der Waals surface area contributed by atoms with Crippen LogP contribution in [0.1, 0.15) is 17.3 Å². The van der Waals surface area contributed by atoms with Crippen molar-refractivity contribution in [1.29, 1.82) is 0 Å². The van der Waals surface area contributed by atoms with Crippen LogP contribution in [0.3, 0.4) is 0 Å². The van der Waals surface area contributed by atoms with E-state index in [2.05, 4.69) is 10.3 Å². The molecule has 0 saturated heterocycles. The first-order chi connectivity index (χ1) is 13.0. The number of halogens is 1. The second-order valence-electron chi connectivity index (χ2n) is 6.32. The second-order valence-corrected chi connectivity index (χ2v) is 6.32. The van der Waals surface area contributed by atoms with E-state index in [0.717, 1.165) is 5.39 Å². The number of nitrogens with two attached hydrogens (primary N) is 1. The number of primary amides is 1. The summed E-state index contributed by atoms with van der Waals surface area (Å²) in [5.74, 6) is -1.11. The summed E-state index contributed by atoms with van der Waals surface area (Å²) in [6.07, 6.45) is 0. The Hall–Kier alpha value is -3.67. The molecule has 6 heteroatoms. The van der Waals surface area contributed by atoms with Gasteiger partial charge in [0, 0.05) is 34.5 Å². The van der Waals surface area contributed by atoms with Crippen molar-refractivity contribution in [2.45, 2.75) is 6.92 Å². The molecule has 5 nitrogen and oxygen atoms in total. The van der Waals surface area contributed by atoms with Gasteiger partial charge in [0.2, 0.25) is 5.91 Å². The molecule has 0 radical (unpaired) electrons. The molecule has 27 heavy (non-hydrogen) atoms. The van der Waals surface area contributed by atoms with E-state index in [4.69, 9.17) is 5.73 Å². The summed E-state index contributed by atoms with van der Waals surface area (Å²) in [5.41, 5.74) is 8.81. The van der Waals surface area contributed by atoms with Crippen LogP contribution in [-0.2, 0) is 4.79 Å². The Bertz CT molecular complexity index is 1230. The molecule has 4 aromatic rings. The molecular formula is C21H16FN3O2. The zero-order valence-corrected chi connectivity index (χ0v) is 14.5.